The largest absolute Gasteiger partial charge is 0.465 e. The number of esters is 1. The van der Waals surface area contributed by atoms with Crippen LogP contribution in [0.5, 0.6) is 0 Å². The van der Waals surface area contributed by atoms with Gasteiger partial charge in [-0.15, -0.1) is 0 Å². The summed E-state index contributed by atoms with van der Waals surface area (Å²) in [6.45, 7) is 4.93. The second-order valence-corrected chi connectivity index (χ2v) is 5.51. The first kappa shape index (κ1) is 16.7. The fraction of sp³-hybridized carbons (Fsp3) is 0.643. The predicted molar refractivity (Wildman–Crippen MR) is 75.7 cm³/mol. The number of furan rings is 1. The molecule has 0 saturated carbocycles. The van der Waals surface area contributed by atoms with Gasteiger partial charge in [0.25, 0.3) is 0 Å². The Morgan fingerprint density at radius 3 is 2.75 bits per heavy atom. The van der Waals surface area contributed by atoms with Crippen molar-refractivity contribution in [2.45, 2.75) is 26.0 Å². The molecular formula is C14H24N2O4. The molecule has 0 amide bonds. The van der Waals surface area contributed by atoms with Crippen molar-refractivity contribution in [2.75, 3.05) is 34.3 Å². The molecule has 0 bridgehead atoms. The number of aliphatic hydroxyl groups is 1. The van der Waals surface area contributed by atoms with E-state index in [0.29, 0.717) is 36.7 Å². The highest BCUT2D eigenvalue weighted by Gasteiger charge is 2.21. The van der Waals surface area contributed by atoms with Crippen molar-refractivity contribution in [2.24, 2.45) is 0 Å². The quantitative estimate of drug-likeness (QED) is 0.721. The predicted octanol–water partition coefficient (Wildman–Crippen LogP) is 0.777. The molecule has 6 nitrogen and oxygen atoms in total. The van der Waals surface area contributed by atoms with E-state index in [1.807, 2.05) is 19.0 Å². The zero-order chi connectivity index (χ0) is 15.3. The maximum atomic E-state index is 11.5. The summed E-state index contributed by atoms with van der Waals surface area (Å²) in [5, 5.41) is 13.3. The van der Waals surface area contributed by atoms with Crippen LogP contribution in [-0.4, -0.2) is 55.9 Å². The second kappa shape index (κ2) is 6.88. The van der Waals surface area contributed by atoms with Gasteiger partial charge in [-0.05, 0) is 34.0 Å². The van der Waals surface area contributed by atoms with E-state index in [0.717, 1.165) is 0 Å². The number of nitrogens with zero attached hydrogens (tertiary/aromatic N) is 1. The molecule has 1 unspecified atom stereocenters. The van der Waals surface area contributed by atoms with Gasteiger partial charge in [0.2, 0.25) is 0 Å². The van der Waals surface area contributed by atoms with Crippen molar-refractivity contribution in [1.82, 2.24) is 10.2 Å². The molecule has 0 saturated heterocycles. The average Bonchev–Trinajstić information content (AvgIpc) is 2.67. The van der Waals surface area contributed by atoms with Gasteiger partial charge >= 0.3 is 5.97 Å². The zero-order valence-electron chi connectivity index (χ0n) is 12.8. The van der Waals surface area contributed by atoms with Crippen molar-refractivity contribution in [3.63, 3.8) is 0 Å². The lowest BCUT2D eigenvalue weighted by Crippen LogP contribution is -2.45. The fourth-order valence-electron chi connectivity index (χ4n) is 2.14. The summed E-state index contributed by atoms with van der Waals surface area (Å²) >= 11 is 0. The van der Waals surface area contributed by atoms with Crippen LogP contribution in [0.3, 0.4) is 0 Å². The Balaban J connectivity index is 2.52. The van der Waals surface area contributed by atoms with Gasteiger partial charge < -0.3 is 24.5 Å². The van der Waals surface area contributed by atoms with Crippen LogP contribution in [0.1, 0.15) is 28.8 Å². The van der Waals surface area contributed by atoms with Crippen LogP contribution in [0.15, 0.2) is 10.5 Å². The molecule has 0 aliphatic heterocycles. The van der Waals surface area contributed by atoms with Crippen LogP contribution in [0.4, 0.5) is 0 Å². The molecule has 1 aromatic heterocycles. The molecule has 1 rings (SSSR count). The molecular weight excluding hydrogens is 260 g/mol. The lowest BCUT2D eigenvalue weighted by Gasteiger charge is -2.27. The van der Waals surface area contributed by atoms with Crippen LogP contribution >= 0.6 is 0 Å². The fourth-order valence-corrected chi connectivity index (χ4v) is 2.14. The average molecular weight is 284 g/mol. The molecule has 1 atom stereocenters. The Labute approximate surface area is 119 Å². The number of ether oxygens (including phenoxy) is 1. The minimum atomic E-state index is -0.823. The van der Waals surface area contributed by atoms with E-state index in [-0.39, 0.29) is 0 Å². The lowest BCUT2D eigenvalue weighted by atomic mass is 10.1. The second-order valence-electron chi connectivity index (χ2n) is 5.51. The highest BCUT2D eigenvalue weighted by atomic mass is 16.5. The first-order valence-corrected chi connectivity index (χ1v) is 6.50. The third kappa shape index (κ3) is 4.96. The summed E-state index contributed by atoms with van der Waals surface area (Å²) in [5.74, 6) is 0.773. The molecule has 0 aliphatic rings. The molecule has 0 fully saturated rings. The number of carbonyl (C=O) groups is 1. The molecule has 0 radical (unpaired) electrons. The van der Waals surface area contributed by atoms with Crippen molar-refractivity contribution in [3.8, 4) is 0 Å². The summed E-state index contributed by atoms with van der Waals surface area (Å²) in [6, 6.07) is 1.66. The van der Waals surface area contributed by atoms with Crippen molar-refractivity contribution < 1.29 is 19.1 Å². The highest BCUT2D eigenvalue weighted by Crippen LogP contribution is 2.15. The van der Waals surface area contributed by atoms with E-state index in [1.54, 1.807) is 19.9 Å². The Morgan fingerprint density at radius 2 is 2.20 bits per heavy atom. The van der Waals surface area contributed by atoms with E-state index in [9.17, 15) is 9.90 Å². The van der Waals surface area contributed by atoms with Gasteiger partial charge in [0, 0.05) is 13.1 Å². The monoisotopic (exact) mass is 284 g/mol. The van der Waals surface area contributed by atoms with Crippen LogP contribution < -0.4 is 5.32 Å². The molecule has 0 spiro atoms. The van der Waals surface area contributed by atoms with E-state index >= 15 is 0 Å². The number of carbonyl (C=O) groups excluding carboxylic acids is 1. The van der Waals surface area contributed by atoms with Gasteiger partial charge in [0.15, 0.2) is 0 Å². The summed E-state index contributed by atoms with van der Waals surface area (Å²) in [5.41, 5.74) is -0.389. The van der Waals surface area contributed by atoms with Crippen LogP contribution in [0.25, 0.3) is 0 Å². The smallest absolute Gasteiger partial charge is 0.341 e. The number of aryl methyl sites for hydroxylation is 1. The highest BCUT2D eigenvalue weighted by molar-refractivity contribution is 5.90. The van der Waals surface area contributed by atoms with Crippen molar-refractivity contribution in [3.05, 3.63) is 23.2 Å². The molecule has 1 aromatic rings. The molecule has 0 aromatic carbocycles. The summed E-state index contributed by atoms with van der Waals surface area (Å²) in [6.07, 6.45) is 0. The van der Waals surface area contributed by atoms with Crippen LogP contribution in [0, 0.1) is 6.92 Å². The number of hydrogen-bond acceptors (Lipinski definition) is 6. The topological polar surface area (TPSA) is 74.9 Å². The minimum Gasteiger partial charge on any atom is -0.465 e. The zero-order valence-corrected chi connectivity index (χ0v) is 12.8. The first-order chi connectivity index (χ1) is 9.25. The van der Waals surface area contributed by atoms with E-state index in [2.05, 4.69) is 10.1 Å². The third-order valence-corrected chi connectivity index (χ3v) is 2.84. The number of likely N-dealkylation sites (N-methyl/N-ethyl adjacent to an activating group) is 1. The van der Waals surface area contributed by atoms with Crippen LogP contribution in [0.2, 0.25) is 0 Å². The number of nitrogens with one attached hydrogen (secondary N) is 1. The lowest BCUT2D eigenvalue weighted by molar-refractivity contribution is 0.0332. The molecule has 2 N–H and O–H groups in total. The Bertz CT molecular complexity index is 452. The van der Waals surface area contributed by atoms with E-state index in [1.165, 1.54) is 7.11 Å². The Morgan fingerprint density at radius 1 is 1.55 bits per heavy atom. The molecule has 114 valence electrons. The minimum absolute atomic E-state index is 0.405. The van der Waals surface area contributed by atoms with Crippen LogP contribution in [-0.2, 0) is 11.3 Å². The van der Waals surface area contributed by atoms with Gasteiger partial charge in [0.1, 0.15) is 17.1 Å². The van der Waals surface area contributed by atoms with Gasteiger partial charge in [0.05, 0.1) is 19.3 Å². The van der Waals surface area contributed by atoms with E-state index in [4.69, 9.17) is 4.42 Å². The Kier molecular flexibility index (Phi) is 5.74. The molecule has 20 heavy (non-hydrogen) atoms. The number of methoxy groups -OCH3 is 1. The normalized spacial score (nSPS) is 14.3. The summed E-state index contributed by atoms with van der Waals surface area (Å²) in [4.78, 5) is 13.4. The standard InChI is InChI=1S/C14H24N2O4/c1-10-12(13(17)19-5)6-11(20-10)7-15-8-14(2,18)9-16(3)4/h6,15,18H,7-9H2,1-5H3. The first-order valence-electron chi connectivity index (χ1n) is 6.50. The maximum Gasteiger partial charge on any atom is 0.341 e. The summed E-state index contributed by atoms with van der Waals surface area (Å²) < 4.78 is 10.1. The number of rotatable bonds is 7. The maximum absolute atomic E-state index is 11.5. The molecule has 6 heteroatoms. The van der Waals surface area contributed by atoms with Gasteiger partial charge in [-0.3, -0.25) is 0 Å². The number of hydrogen-bond donors (Lipinski definition) is 2. The molecule has 0 aliphatic carbocycles. The Hall–Kier alpha value is -1.37. The van der Waals surface area contributed by atoms with Gasteiger partial charge in [-0.25, -0.2) is 4.79 Å². The van der Waals surface area contributed by atoms with Crippen molar-refractivity contribution in [1.29, 1.82) is 0 Å². The summed E-state index contributed by atoms with van der Waals surface area (Å²) in [7, 11) is 5.16. The van der Waals surface area contributed by atoms with Gasteiger partial charge in [-0.1, -0.05) is 0 Å². The molecule has 1 heterocycles. The van der Waals surface area contributed by atoms with Crippen molar-refractivity contribution >= 4 is 5.97 Å². The SMILES string of the molecule is COC(=O)c1cc(CNCC(C)(O)CN(C)C)oc1C. The van der Waals surface area contributed by atoms with Gasteiger partial charge in [-0.2, -0.15) is 0 Å². The van der Waals surface area contributed by atoms with E-state index < -0.39 is 11.6 Å². The third-order valence-electron chi connectivity index (χ3n) is 2.84.